The maximum Gasteiger partial charge on any atom is 0.346 e. The molecule has 1 N–H and O–H groups in total. The van der Waals surface area contributed by atoms with Gasteiger partial charge in [0.05, 0.1) is 12.2 Å². The highest BCUT2D eigenvalue weighted by Gasteiger charge is 2.25. The van der Waals surface area contributed by atoms with Gasteiger partial charge in [-0.3, -0.25) is 0 Å². The van der Waals surface area contributed by atoms with Crippen molar-refractivity contribution in [3.05, 3.63) is 107 Å². The molecule has 1 aliphatic rings. The molecule has 1 aliphatic carbocycles. The zero-order valence-electron chi connectivity index (χ0n) is 20.8. The maximum absolute atomic E-state index is 14.8. The molecule has 3 rings (SSSR count). The van der Waals surface area contributed by atoms with Gasteiger partial charge in [0.2, 0.25) is 17.5 Å². The van der Waals surface area contributed by atoms with Crippen molar-refractivity contribution < 1.29 is 41.3 Å². The van der Waals surface area contributed by atoms with Gasteiger partial charge in [0, 0.05) is 0 Å². The number of phenols is 1. The quantitative estimate of drug-likeness (QED) is 0.110. The average molecular weight is 535 g/mol. The fraction of sp³-hybridized carbons (Fsp3) is 0.276. The van der Waals surface area contributed by atoms with Crippen LogP contribution in [-0.4, -0.2) is 17.7 Å². The van der Waals surface area contributed by atoms with Crippen molar-refractivity contribution in [1.29, 1.82) is 0 Å². The van der Waals surface area contributed by atoms with Crippen LogP contribution in [0.5, 0.6) is 5.75 Å². The van der Waals surface area contributed by atoms with E-state index in [4.69, 9.17) is 9.47 Å². The molecule has 0 aliphatic heterocycles. The zero-order valence-corrected chi connectivity index (χ0v) is 20.8. The topological polar surface area (TPSA) is 55.8 Å². The van der Waals surface area contributed by atoms with Crippen molar-refractivity contribution in [1.82, 2.24) is 0 Å². The molecule has 0 saturated carbocycles. The van der Waals surface area contributed by atoms with E-state index < -0.39 is 57.9 Å². The minimum atomic E-state index is -1.59. The molecule has 0 bridgehead atoms. The summed E-state index contributed by atoms with van der Waals surface area (Å²) in [6, 6.07) is 6.15. The van der Waals surface area contributed by atoms with Gasteiger partial charge >= 0.3 is 5.97 Å². The van der Waals surface area contributed by atoms with Crippen molar-refractivity contribution in [3.63, 3.8) is 0 Å². The smallest absolute Gasteiger partial charge is 0.346 e. The number of carbonyl (C=O) groups excluding carboxylic acids is 1. The summed E-state index contributed by atoms with van der Waals surface area (Å²) in [7, 11) is 0. The molecular formula is C29H27F5O4. The molecule has 0 aromatic heterocycles. The molecule has 0 fully saturated rings. The number of unbranched alkanes of at least 4 members (excludes halogenated alkanes) is 1. The van der Waals surface area contributed by atoms with Crippen LogP contribution in [0.3, 0.4) is 0 Å². The molecule has 9 heteroatoms. The number of allylic oxidation sites excluding steroid dienone is 4. The number of esters is 1. The molecule has 38 heavy (non-hydrogen) atoms. The first kappa shape index (κ1) is 28.7. The van der Waals surface area contributed by atoms with E-state index in [0.717, 1.165) is 30.2 Å². The molecule has 4 nitrogen and oxygen atoms in total. The first-order chi connectivity index (χ1) is 18.0. The summed E-state index contributed by atoms with van der Waals surface area (Å²) < 4.78 is 80.8. The monoisotopic (exact) mass is 534 g/mol. The third kappa shape index (κ3) is 6.51. The summed E-state index contributed by atoms with van der Waals surface area (Å²) in [4.78, 5) is 12.4. The predicted octanol–water partition coefficient (Wildman–Crippen LogP) is 8.31. The summed E-state index contributed by atoms with van der Waals surface area (Å²) in [6.07, 6.45) is 4.37. The van der Waals surface area contributed by atoms with E-state index >= 15 is 0 Å². The van der Waals surface area contributed by atoms with Gasteiger partial charge in [-0.2, -0.15) is 13.2 Å². The maximum atomic E-state index is 14.8. The molecular weight excluding hydrogens is 507 g/mol. The van der Waals surface area contributed by atoms with Crippen molar-refractivity contribution in [2.24, 2.45) is 0 Å². The summed E-state index contributed by atoms with van der Waals surface area (Å²) in [5, 5.41) is 9.31. The number of carbonyl (C=O) groups is 1. The standard InChI is InChI=1S/C29H27F5O4/c1-4-5-14-37-16(2)25(31)26(32)17(3)38-29(36)22-11-10-20(15-23(22)30)18-6-8-19(9-7-18)21-12-13-24(35)28(34)27(21)33/h6,10-13,15,19,35H,2-5,7-9,14H2,1H3/b26-25-. The van der Waals surface area contributed by atoms with Crippen LogP contribution in [0.25, 0.3) is 5.57 Å². The molecule has 0 spiro atoms. The van der Waals surface area contributed by atoms with Crippen LogP contribution in [0.4, 0.5) is 22.0 Å². The Morgan fingerprint density at radius 3 is 2.39 bits per heavy atom. The Hall–Kier alpha value is -3.88. The zero-order chi connectivity index (χ0) is 28.0. The average Bonchev–Trinajstić information content (AvgIpc) is 2.91. The molecule has 1 unspecified atom stereocenters. The van der Waals surface area contributed by atoms with Crippen LogP contribution < -0.4 is 0 Å². The van der Waals surface area contributed by atoms with Gasteiger partial charge in [-0.25, -0.2) is 13.6 Å². The largest absolute Gasteiger partial charge is 0.505 e. The second kappa shape index (κ2) is 12.6. The lowest BCUT2D eigenvalue weighted by atomic mass is 9.82. The Morgan fingerprint density at radius 2 is 1.76 bits per heavy atom. The van der Waals surface area contributed by atoms with Gasteiger partial charge in [-0.1, -0.05) is 44.7 Å². The summed E-state index contributed by atoms with van der Waals surface area (Å²) in [5.74, 6) is -10.3. The SMILES string of the molecule is C=C(OCCCC)/C(F)=C(/F)C(=C)OC(=O)c1ccc(C2=CCC(c3ccc(O)c(F)c3F)CC2)cc1F. The van der Waals surface area contributed by atoms with Crippen LogP contribution in [-0.2, 0) is 9.47 Å². The van der Waals surface area contributed by atoms with E-state index in [-0.39, 0.29) is 18.1 Å². The highest BCUT2D eigenvalue weighted by Crippen LogP contribution is 2.38. The molecule has 0 saturated heterocycles. The van der Waals surface area contributed by atoms with Crippen LogP contribution in [0.15, 0.2) is 72.7 Å². The minimum absolute atomic E-state index is 0.128. The molecule has 0 radical (unpaired) electrons. The number of rotatable bonds is 10. The second-order valence-corrected chi connectivity index (χ2v) is 8.76. The Labute approximate surface area is 217 Å². The fourth-order valence-corrected chi connectivity index (χ4v) is 3.99. The minimum Gasteiger partial charge on any atom is -0.505 e. The van der Waals surface area contributed by atoms with E-state index in [9.17, 15) is 31.9 Å². The number of hydrogen-bond acceptors (Lipinski definition) is 4. The number of ether oxygens (including phenoxy) is 2. The first-order valence-corrected chi connectivity index (χ1v) is 12.0. The predicted molar refractivity (Wildman–Crippen MR) is 133 cm³/mol. The van der Waals surface area contributed by atoms with Crippen molar-refractivity contribution in [2.45, 2.75) is 44.9 Å². The Bertz CT molecular complexity index is 1310. The highest BCUT2D eigenvalue weighted by atomic mass is 19.2. The van der Waals surface area contributed by atoms with Crippen LogP contribution in [0.1, 0.15) is 66.4 Å². The van der Waals surface area contributed by atoms with Gasteiger partial charge in [-0.15, -0.1) is 0 Å². The van der Waals surface area contributed by atoms with Crippen LogP contribution in [0, 0.1) is 17.5 Å². The number of aromatic hydroxyl groups is 1. The lowest BCUT2D eigenvalue weighted by molar-refractivity contribution is 0.0617. The van der Waals surface area contributed by atoms with Crippen molar-refractivity contribution in [2.75, 3.05) is 6.61 Å². The van der Waals surface area contributed by atoms with Gasteiger partial charge in [-0.05, 0) is 66.5 Å². The van der Waals surface area contributed by atoms with Crippen molar-refractivity contribution in [3.8, 4) is 5.75 Å². The molecule has 0 heterocycles. The summed E-state index contributed by atoms with van der Waals surface area (Å²) in [6.45, 7) is 8.48. The van der Waals surface area contributed by atoms with E-state index in [1.54, 1.807) is 6.08 Å². The Balaban J connectivity index is 1.67. The molecule has 2 aromatic rings. The van der Waals surface area contributed by atoms with Gasteiger partial charge in [0.1, 0.15) is 5.82 Å². The van der Waals surface area contributed by atoms with Gasteiger partial charge in [0.15, 0.2) is 23.1 Å². The van der Waals surface area contributed by atoms with E-state index in [1.165, 1.54) is 12.1 Å². The summed E-state index contributed by atoms with van der Waals surface area (Å²) in [5.41, 5.74) is 0.832. The Morgan fingerprint density at radius 1 is 1.05 bits per heavy atom. The van der Waals surface area contributed by atoms with Gasteiger partial charge < -0.3 is 14.6 Å². The normalized spacial score (nSPS) is 15.8. The van der Waals surface area contributed by atoms with E-state index in [2.05, 4.69) is 13.2 Å². The van der Waals surface area contributed by atoms with Crippen molar-refractivity contribution >= 4 is 11.5 Å². The van der Waals surface area contributed by atoms with E-state index in [1.807, 2.05) is 6.92 Å². The second-order valence-electron chi connectivity index (χ2n) is 8.76. The molecule has 2 aromatic carbocycles. The lowest BCUT2D eigenvalue weighted by Gasteiger charge is -2.23. The highest BCUT2D eigenvalue weighted by molar-refractivity contribution is 5.91. The number of phenolic OH excluding ortho intramolecular Hbond substituents is 1. The molecule has 1 atom stereocenters. The number of halogens is 5. The third-order valence-electron chi connectivity index (χ3n) is 6.17. The van der Waals surface area contributed by atoms with Crippen LogP contribution in [0.2, 0.25) is 0 Å². The molecule has 0 amide bonds. The third-order valence-corrected chi connectivity index (χ3v) is 6.17. The Kier molecular flexibility index (Phi) is 9.50. The number of benzene rings is 2. The summed E-state index contributed by atoms with van der Waals surface area (Å²) >= 11 is 0. The van der Waals surface area contributed by atoms with Gasteiger partial charge in [0.25, 0.3) is 0 Å². The first-order valence-electron chi connectivity index (χ1n) is 12.0. The number of hydrogen-bond donors (Lipinski definition) is 1. The van der Waals surface area contributed by atoms with E-state index in [0.29, 0.717) is 31.2 Å². The molecule has 202 valence electrons. The fourth-order valence-electron chi connectivity index (χ4n) is 3.99. The lowest BCUT2D eigenvalue weighted by Crippen LogP contribution is -2.10. The van der Waals surface area contributed by atoms with Crippen LogP contribution >= 0.6 is 0 Å².